The van der Waals surface area contributed by atoms with Gasteiger partial charge in [0.05, 0.1) is 0 Å². The molecule has 21 heavy (non-hydrogen) atoms. The summed E-state index contributed by atoms with van der Waals surface area (Å²) in [6, 6.07) is 16.1. The third-order valence-corrected chi connectivity index (χ3v) is 3.43. The molecule has 0 bridgehead atoms. The minimum Gasteiger partial charge on any atom is -0.387 e. The molecule has 108 valence electrons. The van der Waals surface area contributed by atoms with E-state index in [-0.39, 0.29) is 5.78 Å². The highest BCUT2D eigenvalue weighted by Gasteiger charge is 2.00. The van der Waals surface area contributed by atoms with Crippen LogP contribution in [0.3, 0.4) is 0 Å². The molecule has 0 fully saturated rings. The number of aryl methyl sites for hydroxylation is 2. The lowest BCUT2D eigenvalue weighted by atomic mass is 10.1. The Morgan fingerprint density at radius 1 is 1.00 bits per heavy atom. The number of benzene rings is 2. The Balaban J connectivity index is 1.85. The molecule has 0 aromatic heterocycles. The monoisotopic (exact) mass is 279 g/mol. The molecule has 0 heterocycles. The van der Waals surface area contributed by atoms with E-state index >= 15 is 0 Å². The first-order valence-corrected chi connectivity index (χ1v) is 7.28. The van der Waals surface area contributed by atoms with Crippen LogP contribution in [0, 0.1) is 6.92 Å². The van der Waals surface area contributed by atoms with Crippen LogP contribution in [0.5, 0.6) is 0 Å². The smallest absolute Gasteiger partial charge is 0.187 e. The zero-order valence-corrected chi connectivity index (χ0v) is 12.6. The molecule has 2 rings (SSSR count). The van der Waals surface area contributed by atoms with Crippen LogP contribution < -0.4 is 5.32 Å². The van der Waals surface area contributed by atoms with Crippen LogP contribution in [-0.4, -0.2) is 5.78 Å². The average molecular weight is 279 g/mol. The Bertz CT molecular complexity index is 609. The van der Waals surface area contributed by atoms with Crippen molar-refractivity contribution in [1.82, 2.24) is 5.32 Å². The van der Waals surface area contributed by atoms with E-state index in [0.29, 0.717) is 0 Å². The van der Waals surface area contributed by atoms with Crippen LogP contribution in [0.4, 0.5) is 0 Å². The molecule has 0 amide bonds. The minimum absolute atomic E-state index is 0.0223. The first-order valence-electron chi connectivity index (χ1n) is 7.28. The van der Waals surface area contributed by atoms with Gasteiger partial charge in [0.25, 0.3) is 0 Å². The van der Waals surface area contributed by atoms with Gasteiger partial charge < -0.3 is 5.32 Å². The van der Waals surface area contributed by atoms with Gasteiger partial charge in [-0.05, 0) is 24.5 Å². The Hall–Kier alpha value is -2.35. The minimum atomic E-state index is 0.0223. The van der Waals surface area contributed by atoms with Crippen molar-refractivity contribution in [1.29, 1.82) is 0 Å². The van der Waals surface area contributed by atoms with Gasteiger partial charge in [0.1, 0.15) is 0 Å². The van der Waals surface area contributed by atoms with Gasteiger partial charge in [-0.25, -0.2) is 0 Å². The van der Waals surface area contributed by atoms with Crippen molar-refractivity contribution >= 4 is 5.78 Å². The molecule has 0 atom stereocenters. The highest BCUT2D eigenvalue weighted by molar-refractivity contribution is 6.04. The van der Waals surface area contributed by atoms with Crippen LogP contribution in [0.2, 0.25) is 0 Å². The molecule has 2 aromatic carbocycles. The molecule has 2 heteroatoms. The number of nitrogens with one attached hydrogen (secondary N) is 1. The number of hydrogen-bond donors (Lipinski definition) is 1. The Morgan fingerprint density at radius 3 is 2.24 bits per heavy atom. The van der Waals surface area contributed by atoms with Crippen molar-refractivity contribution in [2.45, 2.75) is 26.8 Å². The molecule has 1 N–H and O–H groups in total. The fourth-order valence-corrected chi connectivity index (χ4v) is 2.02. The molecule has 0 unspecified atom stereocenters. The van der Waals surface area contributed by atoms with E-state index < -0.39 is 0 Å². The molecule has 0 saturated heterocycles. The highest BCUT2D eigenvalue weighted by Crippen LogP contribution is 2.06. The molecular weight excluding hydrogens is 258 g/mol. The van der Waals surface area contributed by atoms with Gasteiger partial charge in [0.2, 0.25) is 0 Å². The van der Waals surface area contributed by atoms with Crippen molar-refractivity contribution in [2.75, 3.05) is 0 Å². The van der Waals surface area contributed by atoms with Crippen molar-refractivity contribution < 1.29 is 4.79 Å². The number of ketones is 1. The summed E-state index contributed by atoms with van der Waals surface area (Å²) in [7, 11) is 0. The number of carbonyl (C=O) groups is 1. The van der Waals surface area contributed by atoms with Gasteiger partial charge in [-0.1, -0.05) is 61.0 Å². The summed E-state index contributed by atoms with van der Waals surface area (Å²) in [4.78, 5) is 12.0. The van der Waals surface area contributed by atoms with Gasteiger partial charge in [0, 0.05) is 24.4 Å². The summed E-state index contributed by atoms with van der Waals surface area (Å²) in [5.74, 6) is 0.0223. The molecule has 0 spiro atoms. The van der Waals surface area contributed by atoms with Crippen molar-refractivity contribution in [2.24, 2.45) is 0 Å². The van der Waals surface area contributed by atoms with Crippen LogP contribution in [0.25, 0.3) is 0 Å². The van der Waals surface area contributed by atoms with Gasteiger partial charge in [-0.2, -0.15) is 0 Å². The van der Waals surface area contributed by atoms with Crippen LogP contribution >= 0.6 is 0 Å². The largest absolute Gasteiger partial charge is 0.387 e. The van der Waals surface area contributed by atoms with E-state index in [4.69, 9.17) is 0 Å². The SMILES string of the molecule is CCc1ccc(C(=O)/C=C\NCc2ccc(C)cc2)cc1. The molecule has 2 nitrogen and oxygen atoms in total. The lowest BCUT2D eigenvalue weighted by Crippen LogP contribution is -2.06. The normalized spacial score (nSPS) is 10.8. The lowest BCUT2D eigenvalue weighted by Gasteiger charge is -2.02. The lowest BCUT2D eigenvalue weighted by molar-refractivity contribution is 0.104. The van der Waals surface area contributed by atoms with Crippen LogP contribution in [0.1, 0.15) is 34.0 Å². The fraction of sp³-hybridized carbons (Fsp3) is 0.211. The van der Waals surface area contributed by atoms with E-state index in [9.17, 15) is 4.79 Å². The Labute approximate surface area is 126 Å². The first-order chi connectivity index (χ1) is 10.2. The third kappa shape index (κ3) is 4.60. The average Bonchev–Trinajstić information content (AvgIpc) is 2.53. The standard InChI is InChI=1S/C19H21NO/c1-3-16-8-10-18(11-9-16)19(21)12-13-20-14-17-6-4-15(2)5-7-17/h4-13,20H,3,14H2,1-2H3/b13-12-. The van der Waals surface area contributed by atoms with Crippen LogP contribution in [0.15, 0.2) is 60.8 Å². The summed E-state index contributed by atoms with van der Waals surface area (Å²) >= 11 is 0. The second-order valence-corrected chi connectivity index (χ2v) is 5.11. The van der Waals surface area contributed by atoms with Gasteiger partial charge in [-0.3, -0.25) is 4.79 Å². The maximum absolute atomic E-state index is 12.0. The summed E-state index contributed by atoms with van der Waals surface area (Å²) in [5, 5.41) is 3.14. The van der Waals surface area contributed by atoms with E-state index in [1.54, 1.807) is 12.3 Å². The van der Waals surface area contributed by atoms with E-state index in [2.05, 4.69) is 43.4 Å². The summed E-state index contributed by atoms with van der Waals surface area (Å²) < 4.78 is 0. The fourth-order valence-electron chi connectivity index (χ4n) is 2.02. The van der Waals surface area contributed by atoms with Crippen molar-refractivity contribution in [3.05, 3.63) is 83.1 Å². The second kappa shape index (κ2) is 7.44. The van der Waals surface area contributed by atoms with Gasteiger partial charge >= 0.3 is 0 Å². The van der Waals surface area contributed by atoms with Gasteiger partial charge in [-0.15, -0.1) is 0 Å². The summed E-state index contributed by atoms with van der Waals surface area (Å²) in [6.45, 7) is 4.89. The number of hydrogen-bond acceptors (Lipinski definition) is 2. The summed E-state index contributed by atoms with van der Waals surface area (Å²) in [5.41, 5.74) is 4.42. The van der Waals surface area contributed by atoms with Crippen LogP contribution in [-0.2, 0) is 13.0 Å². The molecular formula is C19H21NO. The van der Waals surface area contributed by atoms with E-state index in [1.165, 1.54) is 16.7 Å². The zero-order chi connectivity index (χ0) is 15.1. The maximum atomic E-state index is 12.0. The maximum Gasteiger partial charge on any atom is 0.187 e. The molecule has 2 aromatic rings. The number of carbonyl (C=O) groups excluding carboxylic acids is 1. The predicted octanol–water partition coefficient (Wildman–Crippen LogP) is 4.04. The first kappa shape index (κ1) is 15.0. The van der Waals surface area contributed by atoms with E-state index in [0.717, 1.165) is 18.5 Å². The molecule has 0 aliphatic carbocycles. The van der Waals surface area contributed by atoms with Gasteiger partial charge in [0.15, 0.2) is 5.78 Å². The highest BCUT2D eigenvalue weighted by atomic mass is 16.1. The Morgan fingerprint density at radius 2 is 1.62 bits per heavy atom. The van der Waals surface area contributed by atoms with Crippen molar-refractivity contribution in [3.63, 3.8) is 0 Å². The molecule has 0 aliphatic rings. The number of allylic oxidation sites excluding steroid dienone is 1. The summed E-state index contributed by atoms with van der Waals surface area (Å²) in [6.07, 6.45) is 4.29. The molecule has 0 saturated carbocycles. The molecule has 0 aliphatic heterocycles. The molecule has 0 radical (unpaired) electrons. The predicted molar refractivity (Wildman–Crippen MR) is 87.3 cm³/mol. The number of rotatable bonds is 6. The second-order valence-electron chi connectivity index (χ2n) is 5.11. The zero-order valence-electron chi connectivity index (χ0n) is 12.6. The third-order valence-electron chi connectivity index (χ3n) is 3.43. The van der Waals surface area contributed by atoms with Crippen molar-refractivity contribution in [3.8, 4) is 0 Å². The topological polar surface area (TPSA) is 29.1 Å². The Kier molecular flexibility index (Phi) is 5.33. The van der Waals surface area contributed by atoms with E-state index in [1.807, 2.05) is 24.3 Å². The quantitative estimate of drug-likeness (QED) is 0.638.